The molecule has 1 aromatic rings. The summed E-state index contributed by atoms with van der Waals surface area (Å²) in [5, 5.41) is 10.8. The molecule has 0 aliphatic carbocycles. The van der Waals surface area contributed by atoms with Crippen LogP contribution >= 0.6 is 0 Å². The van der Waals surface area contributed by atoms with Gasteiger partial charge in [0.15, 0.2) is 0 Å². The lowest BCUT2D eigenvalue weighted by Crippen LogP contribution is -2.11. The number of esters is 1. The molecular formula is C10H10F2N2O4. The van der Waals surface area contributed by atoms with Crippen molar-refractivity contribution in [1.82, 2.24) is 4.98 Å². The molecule has 0 amide bonds. The minimum atomic E-state index is -2.86. The van der Waals surface area contributed by atoms with Crippen LogP contribution in [0.2, 0.25) is 0 Å². The monoisotopic (exact) mass is 260 g/mol. The van der Waals surface area contributed by atoms with E-state index in [1.54, 1.807) is 0 Å². The molecule has 6 nitrogen and oxygen atoms in total. The number of aromatic nitrogens is 1. The first kappa shape index (κ1) is 13.9. The molecule has 0 fully saturated rings. The minimum Gasteiger partial charge on any atom is -0.469 e. The Morgan fingerprint density at radius 2 is 2.22 bits per heavy atom. The number of methoxy groups -OCH3 is 1. The van der Waals surface area contributed by atoms with E-state index in [0.29, 0.717) is 0 Å². The molecule has 0 aliphatic rings. The van der Waals surface area contributed by atoms with Gasteiger partial charge in [0.2, 0.25) is 0 Å². The highest BCUT2D eigenvalue weighted by Gasteiger charge is 2.24. The average molecular weight is 260 g/mol. The molecule has 0 aromatic carbocycles. The number of alkyl halides is 2. The smallest absolute Gasteiger partial charge is 0.311 e. The fourth-order valence-electron chi connectivity index (χ4n) is 1.37. The van der Waals surface area contributed by atoms with Crippen LogP contribution in [0.15, 0.2) is 6.07 Å². The zero-order chi connectivity index (χ0) is 13.9. The Morgan fingerprint density at radius 1 is 1.61 bits per heavy atom. The predicted octanol–water partition coefficient (Wildman–Crippen LogP) is 1.95. The topological polar surface area (TPSA) is 82.3 Å². The van der Waals surface area contributed by atoms with Crippen molar-refractivity contribution in [2.75, 3.05) is 7.11 Å². The van der Waals surface area contributed by atoms with Gasteiger partial charge in [-0.1, -0.05) is 0 Å². The van der Waals surface area contributed by atoms with Gasteiger partial charge in [0.05, 0.1) is 18.5 Å². The fraction of sp³-hybridized carbons (Fsp3) is 0.400. The first-order valence-corrected chi connectivity index (χ1v) is 4.86. The highest BCUT2D eigenvalue weighted by molar-refractivity contribution is 5.73. The van der Waals surface area contributed by atoms with E-state index in [0.717, 1.165) is 13.2 Å². The number of pyridine rings is 1. The normalized spacial score (nSPS) is 10.5. The van der Waals surface area contributed by atoms with Crippen molar-refractivity contribution in [3.05, 3.63) is 33.1 Å². The van der Waals surface area contributed by atoms with Crippen molar-refractivity contribution in [2.24, 2.45) is 0 Å². The van der Waals surface area contributed by atoms with Gasteiger partial charge in [0.1, 0.15) is 11.4 Å². The number of rotatable bonds is 4. The zero-order valence-corrected chi connectivity index (χ0v) is 9.65. The Balaban J connectivity index is 3.30. The second-order valence-corrected chi connectivity index (χ2v) is 3.47. The summed E-state index contributed by atoms with van der Waals surface area (Å²) in [4.78, 5) is 24.5. The SMILES string of the molecule is COC(=O)Cc1nc(C(F)F)c(C)cc1[N+](=O)[O-]. The summed E-state index contributed by atoms with van der Waals surface area (Å²) in [7, 11) is 1.09. The van der Waals surface area contributed by atoms with Crippen LogP contribution in [-0.4, -0.2) is 23.0 Å². The molecule has 0 saturated heterocycles. The lowest BCUT2D eigenvalue weighted by atomic mass is 10.1. The van der Waals surface area contributed by atoms with Crippen molar-refractivity contribution < 1.29 is 23.2 Å². The van der Waals surface area contributed by atoms with Crippen LogP contribution in [0.1, 0.15) is 23.4 Å². The van der Waals surface area contributed by atoms with Gasteiger partial charge in [-0.25, -0.2) is 13.8 Å². The van der Waals surface area contributed by atoms with E-state index < -0.39 is 35.1 Å². The van der Waals surface area contributed by atoms with Crippen LogP contribution in [0.25, 0.3) is 0 Å². The van der Waals surface area contributed by atoms with E-state index in [1.807, 2.05) is 0 Å². The van der Waals surface area contributed by atoms with Gasteiger partial charge in [0, 0.05) is 6.07 Å². The third-order valence-electron chi connectivity index (χ3n) is 2.25. The highest BCUT2D eigenvalue weighted by atomic mass is 19.3. The summed E-state index contributed by atoms with van der Waals surface area (Å²) >= 11 is 0. The summed E-state index contributed by atoms with van der Waals surface area (Å²) in [6.45, 7) is 1.30. The van der Waals surface area contributed by atoms with Crippen molar-refractivity contribution in [3.8, 4) is 0 Å². The Bertz CT molecular complexity index is 491. The summed E-state index contributed by atoms with van der Waals surface area (Å²) < 4.78 is 29.6. The maximum atomic E-state index is 12.6. The number of halogens is 2. The first-order chi connectivity index (χ1) is 8.36. The molecule has 0 N–H and O–H groups in total. The number of carbonyl (C=O) groups excluding carboxylic acids is 1. The standard InChI is InChI=1S/C10H10F2N2O4/c1-5-3-7(14(16)17)6(4-8(15)18-2)13-9(5)10(11)12/h3,10H,4H2,1-2H3. The molecule has 98 valence electrons. The molecule has 0 spiro atoms. The molecule has 1 heterocycles. The van der Waals surface area contributed by atoms with Crippen LogP contribution in [0, 0.1) is 17.0 Å². The third kappa shape index (κ3) is 2.96. The minimum absolute atomic E-state index is 0.00492. The van der Waals surface area contributed by atoms with E-state index in [-0.39, 0.29) is 11.3 Å². The molecule has 0 atom stereocenters. The number of aryl methyl sites for hydroxylation is 1. The second-order valence-electron chi connectivity index (χ2n) is 3.47. The van der Waals surface area contributed by atoms with Crippen LogP contribution in [0.4, 0.5) is 14.5 Å². The summed E-state index contributed by atoms with van der Waals surface area (Å²) in [5.74, 6) is -0.783. The second kappa shape index (κ2) is 5.48. The molecule has 18 heavy (non-hydrogen) atoms. The van der Waals surface area contributed by atoms with Crippen molar-refractivity contribution in [3.63, 3.8) is 0 Å². The van der Waals surface area contributed by atoms with Gasteiger partial charge in [-0.3, -0.25) is 14.9 Å². The van der Waals surface area contributed by atoms with Crippen LogP contribution in [0.5, 0.6) is 0 Å². The predicted molar refractivity (Wildman–Crippen MR) is 56.3 cm³/mol. The number of nitrogens with zero attached hydrogens (tertiary/aromatic N) is 2. The molecule has 0 unspecified atom stereocenters. The molecule has 8 heteroatoms. The number of carbonyl (C=O) groups is 1. The summed E-state index contributed by atoms with van der Waals surface area (Å²) in [6, 6.07) is 0.979. The fourth-order valence-corrected chi connectivity index (χ4v) is 1.37. The van der Waals surface area contributed by atoms with Gasteiger partial charge >= 0.3 is 5.97 Å². The van der Waals surface area contributed by atoms with Crippen molar-refractivity contribution >= 4 is 11.7 Å². The number of ether oxygens (including phenoxy) is 1. The summed E-state index contributed by atoms with van der Waals surface area (Å²) in [5.41, 5.74) is -1.36. The number of hydrogen-bond donors (Lipinski definition) is 0. The van der Waals surface area contributed by atoms with Crippen molar-refractivity contribution in [2.45, 2.75) is 19.8 Å². The molecular weight excluding hydrogens is 250 g/mol. The van der Waals surface area contributed by atoms with Gasteiger partial charge in [0.25, 0.3) is 12.1 Å². The maximum absolute atomic E-state index is 12.6. The molecule has 0 aliphatic heterocycles. The van der Waals surface area contributed by atoms with Crippen LogP contribution < -0.4 is 0 Å². The number of nitro groups is 1. The first-order valence-electron chi connectivity index (χ1n) is 4.86. The maximum Gasteiger partial charge on any atom is 0.311 e. The Morgan fingerprint density at radius 3 is 2.67 bits per heavy atom. The highest BCUT2D eigenvalue weighted by Crippen LogP contribution is 2.26. The van der Waals surface area contributed by atoms with Crippen LogP contribution in [-0.2, 0) is 16.0 Å². The molecule has 0 radical (unpaired) electrons. The summed E-state index contributed by atoms with van der Waals surface area (Å²) in [6.07, 6.45) is -3.38. The van der Waals surface area contributed by atoms with Gasteiger partial charge in [-0.15, -0.1) is 0 Å². The lowest BCUT2D eigenvalue weighted by molar-refractivity contribution is -0.386. The Kier molecular flexibility index (Phi) is 4.24. The molecule has 1 aromatic heterocycles. The van der Waals surface area contributed by atoms with E-state index in [4.69, 9.17) is 0 Å². The quantitative estimate of drug-likeness (QED) is 0.469. The van der Waals surface area contributed by atoms with E-state index in [1.165, 1.54) is 6.92 Å². The Labute approximate surface area is 101 Å². The van der Waals surface area contributed by atoms with Crippen molar-refractivity contribution in [1.29, 1.82) is 0 Å². The van der Waals surface area contributed by atoms with E-state index in [9.17, 15) is 23.7 Å². The molecule has 1 rings (SSSR count). The Hall–Kier alpha value is -2.12. The van der Waals surface area contributed by atoms with Gasteiger partial charge in [-0.05, 0) is 12.5 Å². The molecule has 0 saturated carbocycles. The largest absolute Gasteiger partial charge is 0.469 e. The third-order valence-corrected chi connectivity index (χ3v) is 2.25. The van der Waals surface area contributed by atoms with Gasteiger partial charge < -0.3 is 4.74 Å². The van der Waals surface area contributed by atoms with Gasteiger partial charge in [-0.2, -0.15) is 0 Å². The lowest BCUT2D eigenvalue weighted by Gasteiger charge is -2.07. The average Bonchev–Trinajstić information content (AvgIpc) is 2.29. The van der Waals surface area contributed by atoms with E-state index >= 15 is 0 Å². The zero-order valence-electron chi connectivity index (χ0n) is 9.65. The molecule has 0 bridgehead atoms. The number of hydrogen-bond acceptors (Lipinski definition) is 5. The van der Waals surface area contributed by atoms with Crippen LogP contribution in [0.3, 0.4) is 0 Å². The van der Waals surface area contributed by atoms with E-state index in [2.05, 4.69) is 9.72 Å².